The van der Waals surface area contributed by atoms with Crippen molar-refractivity contribution in [3.8, 4) is 10.7 Å². The third-order valence-corrected chi connectivity index (χ3v) is 12.8. The highest BCUT2D eigenvalue weighted by Gasteiger charge is 2.72. The lowest BCUT2D eigenvalue weighted by Crippen LogP contribution is -2.81. The Morgan fingerprint density at radius 2 is 1.16 bits per heavy atom. The second-order valence-corrected chi connectivity index (χ2v) is 16.8. The molecule has 7 nitrogen and oxygen atoms in total. The molecule has 1 unspecified atom stereocenters. The minimum absolute atomic E-state index is 0.0796. The summed E-state index contributed by atoms with van der Waals surface area (Å²) in [5.74, 6) is 0.640. The number of hydrogen-bond donors (Lipinski definition) is 4. The van der Waals surface area contributed by atoms with Gasteiger partial charge in [-0.3, -0.25) is 0 Å². The summed E-state index contributed by atoms with van der Waals surface area (Å²) in [6, 6.07) is 49.0. The average Bonchev–Trinajstić information content (AvgIpc) is 3.72. The third-order valence-electron chi connectivity index (χ3n) is 11.4. The molecule has 0 radical (unpaired) electrons. The summed E-state index contributed by atoms with van der Waals surface area (Å²) in [7, 11) is 0. The molecular formula is C49H45ClN2O5S. The molecule has 2 aromatic heterocycles. The van der Waals surface area contributed by atoms with E-state index in [9.17, 15) is 20.4 Å². The van der Waals surface area contributed by atoms with Gasteiger partial charge in [0, 0.05) is 54.4 Å². The molecule has 0 bridgehead atoms. The number of rotatable bonds is 13. The Bertz CT molecular complexity index is 2410. The number of halogens is 1. The van der Waals surface area contributed by atoms with E-state index < -0.39 is 35.1 Å². The molecule has 0 amide bonds. The zero-order valence-electron chi connectivity index (χ0n) is 31.8. The van der Waals surface area contributed by atoms with Crippen LogP contribution in [0.2, 0.25) is 5.02 Å². The molecule has 4 N–H and O–H groups in total. The van der Waals surface area contributed by atoms with E-state index in [1.54, 1.807) is 41.9 Å². The molecule has 1 saturated heterocycles. The maximum absolute atomic E-state index is 13.8. The van der Waals surface area contributed by atoms with Crippen molar-refractivity contribution in [2.45, 2.75) is 67.2 Å². The SMILES string of the molecule is OC(Cc1ccccc1)[C@H]1O[C@@H](c2ccc(Cl)c(Cc3ccc(-c4ncccn4)s3)c2)[C@@](O)(Cc2ccccc2)[C@](O)(Cc2ccccc2)[C@@]1(O)Cc1ccccc1. The smallest absolute Gasteiger partial charge is 0.169 e. The molecule has 8 rings (SSSR count). The van der Waals surface area contributed by atoms with Crippen LogP contribution in [0.4, 0.5) is 0 Å². The van der Waals surface area contributed by atoms with Crippen LogP contribution in [0, 0.1) is 0 Å². The summed E-state index contributed by atoms with van der Waals surface area (Å²) >= 11 is 8.49. The van der Waals surface area contributed by atoms with Gasteiger partial charge in [0.2, 0.25) is 0 Å². The first-order chi connectivity index (χ1) is 28.1. The molecule has 1 fully saturated rings. The molecule has 9 heteroatoms. The molecule has 58 heavy (non-hydrogen) atoms. The number of hydrogen-bond acceptors (Lipinski definition) is 8. The van der Waals surface area contributed by atoms with Crippen LogP contribution in [0.25, 0.3) is 10.7 Å². The summed E-state index contributed by atoms with van der Waals surface area (Å²) < 4.78 is 7.06. The standard InChI is InChI=1S/C49H45ClN2O5S/c50-41-24-22-38(29-39(41)30-40-23-25-43(58-40)46-51-26-13-27-52-46)44-47(54,31-35-16-7-2-8-17-35)49(56,33-37-20-11-4-12-21-37)48(55,32-36-18-9-3-10-19-36)45(57-44)42(53)28-34-14-5-1-6-15-34/h1-27,29,42,44-45,53-56H,28,30-33H2/t42?,44-,45+,47-,48+,49+/m0/s1. The van der Waals surface area contributed by atoms with Gasteiger partial charge in [0.05, 0.1) is 11.0 Å². The molecule has 1 aliphatic rings. The van der Waals surface area contributed by atoms with Crippen LogP contribution in [0.1, 0.15) is 44.4 Å². The average molecular weight is 809 g/mol. The van der Waals surface area contributed by atoms with Crippen LogP contribution in [-0.4, -0.2) is 59.4 Å². The Kier molecular flexibility index (Phi) is 11.7. The third kappa shape index (κ3) is 8.02. The van der Waals surface area contributed by atoms with Gasteiger partial charge in [-0.15, -0.1) is 11.3 Å². The molecule has 0 saturated carbocycles. The highest BCUT2D eigenvalue weighted by atomic mass is 35.5. The molecule has 5 aromatic carbocycles. The summed E-state index contributed by atoms with van der Waals surface area (Å²) in [6.07, 6.45) is -0.203. The van der Waals surface area contributed by atoms with E-state index in [1.807, 2.05) is 140 Å². The number of nitrogens with zero attached hydrogens (tertiary/aromatic N) is 2. The topological polar surface area (TPSA) is 116 Å². The predicted octanol–water partition coefficient (Wildman–Crippen LogP) is 8.41. The number of aliphatic hydroxyl groups excluding tert-OH is 1. The van der Waals surface area contributed by atoms with Crippen molar-refractivity contribution in [3.63, 3.8) is 0 Å². The molecular weight excluding hydrogens is 764 g/mol. The van der Waals surface area contributed by atoms with Gasteiger partial charge in [0.15, 0.2) is 5.82 Å². The molecule has 3 heterocycles. The van der Waals surface area contributed by atoms with E-state index in [2.05, 4.69) is 9.97 Å². The Balaban J connectivity index is 1.29. The van der Waals surface area contributed by atoms with Gasteiger partial charge in [-0.2, -0.15) is 0 Å². The molecule has 1 aliphatic heterocycles. The fourth-order valence-electron chi connectivity index (χ4n) is 8.52. The van der Waals surface area contributed by atoms with E-state index in [0.29, 0.717) is 34.0 Å². The summed E-state index contributed by atoms with van der Waals surface area (Å²) in [5, 5.41) is 54.0. The van der Waals surface area contributed by atoms with Crippen LogP contribution in [0.15, 0.2) is 170 Å². The Labute approximate surface area is 347 Å². The van der Waals surface area contributed by atoms with Gasteiger partial charge in [0.1, 0.15) is 29.0 Å². The second-order valence-electron chi connectivity index (χ2n) is 15.3. The van der Waals surface area contributed by atoms with Crippen molar-refractivity contribution >= 4 is 22.9 Å². The number of benzene rings is 5. The Morgan fingerprint density at radius 1 is 0.621 bits per heavy atom. The van der Waals surface area contributed by atoms with Crippen LogP contribution in [-0.2, 0) is 36.8 Å². The molecule has 0 aliphatic carbocycles. The lowest BCUT2D eigenvalue weighted by atomic mass is 9.56. The maximum Gasteiger partial charge on any atom is 0.169 e. The Hall–Kier alpha value is -5.03. The highest BCUT2D eigenvalue weighted by molar-refractivity contribution is 7.15. The summed E-state index contributed by atoms with van der Waals surface area (Å²) in [4.78, 5) is 10.8. The van der Waals surface area contributed by atoms with Crippen molar-refractivity contribution in [2.24, 2.45) is 0 Å². The fourth-order valence-corrected chi connectivity index (χ4v) is 9.69. The molecule has 6 atom stereocenters. The number of aliphatic hydroxyl groups is 4. The minimum Gasteiger partial charge on any atom is -0.390 e. The van der Waals surface area contributed by atoms with Crippen LogP contribution in [0.3, 0.4) is 0 Å². The van der Waals surface area contributed by atoms with Crippen molar-refractivity contribution in [3.05, 3.63) is 213 Å². The number of ether oxygens (including phenoxy) is 1. The van der Waals surface area contributed by atoms with Gasteiger partial charge in [-0.25, -0.2) is 9.97 Å². The van der Waals surface area contributed by atoms with Gasteiger partial charge >= 0.3 is 0 Å². The largest absolute Gasteiger partial charge is 0.390 e. The monoisotopic (exact) mass is 808 g/mol. The van der Waals surface area contributed by atoms with Crippen LogP contribution < -0.4 is 0 Å². The molecule has 294 valence electrons. The second kappa shape index (κ2) is 17.1. The van der Waals surface area contributed by atoms with Gasteiger partial charge in [-0.05, 0) is 57.6 Å². The first kappa shape index (κ1) is 39.8. The summed E-state index contributed by atoms with van der Waals surface area (Å²) in [5.41, 5.74) is -2.39. The normalized spacial score (nSPS) is 23.7. The number of aromatic nitrogens is 2. The van der Waals surface area contributed by atoms with E-state index in [0.717, 1.165) is 26.4 Å². The van der Waals surface area contributed by atoms with Crippen LogP contribution >= 0.6 is 22.9 Å². The van der Waals surface area contributed by atoms with E-state index in [1.165, 1.54) is 0 Å². The first-order valence-electron chi connectivity index (χ1n) is 19.5. The maximum atomic E-state index is 13.8. The summed E-state index contributed by atoms with van der Waals surface area (Å²) in [6.45, 7) is 0. The van der Waals surface area contributed by atoms with E-state index >= 15 is 0 Å². The van der Waals surface area contributed by atoms with Crippen molar-refractivity contribution in [1.29, 1.82) is 0 Å². The number of thiophene rings is 1. The highest BCUT2D eigenvalue weighted by Crippen LogP contribution is 2.55. The quantitative estimate of drug-likeness (QED) is 0.0925. The van der Waals surface area contributed by atoms with Gasteiger partial charge in [0.25, 0.3) is 0 Å². The van der Waals surface area contributed by atoms with E-state index in [-0.39, 0.29) is 25.7 Å². The van der Waals surface area contributed by atoms with Crippen molar-refractivity contribution < 1.29 is 25.2 Å². The zero-order chi connectivity index (χ0) is 40.2. The molecule has 0 spiro atoms. The van der Waals surface area contributed by atoms with Crippen molar-refractivity contribution in [1.82, 2.24) is 9.97 Å². The lowest BCUT2D eigenvalue weighted by Gasteiger charge is -2.62. The van der Waals surface area contributed by atoms with Crippen LogP contribution in [0.5, 0.6) is 0 Å². The fraction of sp³-hybridized carbons (Fsp3) is 0.224. The van der Waals surface area contributed by atoms with Gasteiger partial charge < -0.3 is 25.2 Å². The first-order valence-corrected chi connectivity index (χ1v) is 20.7. The predicted molar refractivity (Wildman–Crippen MR) is 229 cm³/mol. The molecule has 7 aromatic rings. The minimum atomic E-state index is -2.31. The lowest BCUT2D eigenvalue weighted by molar-refractivity contribution is -0.368. The van der Waals surface area contributed by atoms with E-state index in [4.69, 9.17) is 16.3 Å². The Morgan fingerprint density at radius 3 is 1.74 bits per heavy atom. The zero-order valence-corrected chi connectivity index (χ0v) is 33.4. The van der Waals surface area contributed by atoms with Gasteiger partial charge in [-0.1, -0.05) is 145 Å². The van der Waals surface area contributed by atoms with Crippen molar-refractivity contribution in [2.75, 3.05) is 0 Å².